The van der Waals surface area contributed by atoms with E-state index in [4.69, 9.17) is 0 Å². The summed E-state index contributed by atoms with van der Waals surface area (Å²) >= 11 is 0. The third-order valence-electron chi connectivity index (χ3n) is 8.11. The molecule has 0 radical (unpaired) electrons. The molecule has 0 aliphatic carbocycles. The summed E-state index contributed by atoms with van der Waals surface area (Å²) < 4.78 is 5.17. The number of imidazole rings is 1. The highest BCUT2D eigenvalue weighted by molar-refractivity contribution is 5.64. The van der Waals surface area contributed by atoms with Crippen molar-refractivity contribution < 1.29 is 4.57 Å². The Labute approximate surface area is 201 Å². The molecule has 1 aliphatic rings. The van der Waals surface area contributed by atoms with Crippen LogP contribution in [0, 0.1) is 0 Å². The molecule has 0 spiro atoms. The Morgan fingerprint density at radius 1 is 0.879 bits per heavy atom. The minimum atomic E-state index is 0.160. The number of rotatable bonds is 6. The summed E-state index contributed by atoms with van der Waals surface area (Å²) in [7, 11) is 0. The quantitative estimate of drug-likeness (QED) is 0.339. The summed E-state index contributed by atoms with van der Waals surface area (Å²) in [5.74, 6) is 2.80. The molecular formula is C31H43N2+. The van der Waals surface area contributed by atoms with Gasteiger partial charge < -0.3 is 0 Å². The van der Waals surface area contributed by atoms with E-state index in [0.29, 0.717) is 17.8 Å². The Kier molecular flexibility index (Phi) is 6.58. The predicted molar refractivity (Wildman–Crippen MR) is 141 cm³/mol. The van der Waals surface area contributed by atoms with Gasteiger partial charge in [-0.2, -0.15) is 4.57 Å². The molecule has 0 unspecified atom stereocenters. The van der Waals surface area contributed by atoms with Crippen molar-refractivity contribution in [2.75, 3.05) is 0 Å². The first-order valence-corrected chi connectivity index (χ1v) is 13.1. The van der Waals surface area contributed by atoms with Crippen LogP contribution in [0.5, 0.6) is 0 Å². The van der Waals surface area contributed by atoms with Gasteiger partial charge in [0.1, 0.15) is 23.6 Å². The molecule has 3 aromatic rings. The van der Waals surface area contributed by atoms with Crippen LogP contribution < -0.4 is 4.57 Å². The summed E-state index contributed by atoms with van der Waals surface area (Å²) in [5, 5.41) is 0. The van der Waals surface area contributed by atoms with Crippen molar-refractivity contribution in [1.82, 2.24) is 4.57 Å². The Morgan fingerprint density at radius 3 is 2.03 bits per heavy atom. The second-order valence-corrected chi connectivity index (χ2v) is 11.0. The molecule has 0 saturated heterocycles. The van der Waals surface area contributed by atoms with Crippen molar-refractivity contribution in [3.63, 3.8) is 0 Å². The number of hydrogen-bond acceptors (Lipinski definition) is 0. The molecule has 1 aliphatic heterocycles. The van der Waals surface area contributed by atoms with E-state index in [-0.39, 0.29) is 5.54 Å². The second-order valence-electron chi connectivity index (χ2n) is 11.0. The smallest absolute Gasteiger partial charge is 0.224 e. The van der Waals surface area contributed by atoms with Crippen LogP contribution in [0.1, 0.15) is 115 Å². The highest BCUT2D eigenvalue weighted by Gasteiger charge is 2.41. The number of hydrogen-bond donors (Lipinski definition) is 0. The Morgan fingerprint density at radius 2 is 1.48 bits per heavy atom. The maximum absolute atomic E-state index is 2.63. The maximum Gasteiger partial charge on any atom is 0.294 e. The predicted octanol–water partition coefficient (Wildman–Crippen LogP) is 8.26. The fourth-order valence-electron chi connectivity index (χ4n) is 5.80. The highest BCUT2D eigenvalue weighted by atomic mass is 15.2. The van der Waals surface area contributed by atoms with Crippen molar-refractivity contribution >= 4 is 0 Å². The Balaban J connectivity index is 2.11. The van der Waals surface area contributed by atoms with Gasteiger partial charge in [-0.05, 0) is 60.6 Å². The van der Waals surface area contributed by atoms with Gasteiger partial charge in [-0.3, -0.25) is 0 Å². The van der Waals surface area contributed by atoms with Crippen LogP contribution in [-0.2, 0) is 12.0 Å². The number of nitrogens with zero attached hydrogens (tertiary/aromatic N) is 2. The molecule has 2 heterocycles. The molecule has 0 fully saturated rings. The maximum atomic E-state index is 2.63. The number of benzene rings is 2. The van der Waals surface area contributed by atoms with E-state index in [9.17, 15) is 0 Å². The van der Waals surface area contributed by atoms with Crippen LogP contribution in [0.15, 0.2) is 48.8 Å². The summed E-state index contributed by atoms with van der Waals surface area (Å²) in [6, 6.07) is 14.0. The van der Waals surface area contributed by atoms with E-state index in [1.165, 1.54) is 45.7 Å². The van der Waals surface area contributed by atoms with E-state index >= 15 is 0 Å². The molecule has 2 heteroatoms. The van der Waals surface area contributed by atoms with Gasteiger partial charge >= 0.3 is 0 Å². The summed E-state index contributed by atoms with van der Waals surface area (Å²) in [6.07, 6.45) is 9.35. The Bertz CT molecular complexity index is 1100. The zero-order valence-electron chi connectivity index (χ0n) is 22.1. The number of fused-ring (bicyclic) bond motifs is 3. The lowest BCUT2D eigenvalue weighted by atomic mass is 9.86. The van der Waals surface area contributed by atoms with Crippen LogP contribution in [0.4, 0.5) is 0 Å². The summed E-state index contributed by atoms with van der Waals surface area (Å²) in [6.45, 7) is 18.7. The zero-order chi connectivity index (χ0) is 23.9. The van der Waals surface area contributed by atoms with Crippen LogP contribution in [0.3, 0.4) is 0 Å². The first-order valence-electron chi connectivity index (χ1n) is 13.1. The molecule has 0 amide bonds. The third-order valence-corrected chi connectivity index (χ3v) is 8.11. The minimum absolute atomic E-state index is 0.160. The van der Waals surface area contributed by atoms with Crippen molar-refractivity contribution in [2.24, 2.45) is 0 Å². The van der Waals surface area contributed by atoms with Gasteiger partial charge in [-0.15, -0.1) is 0 Å². The zero-order valence-corrected chi connectivity index (χ0v) is 22.1. The highest BCUT2D eigenvalue weighted by Crippen LogP contribution is 2.40. The lowest BCUT2D eigenvalue weighted by Gasteiger charge is -2.28. The fraction of sp³-hybridized carbons (Fsp3) is 0.516. The van der Waals surface area contributed by atoms with Gasteiger partial charge in [-0.1, -0.05) is 85.7 Å². The van der Waals surface area contributed by atoms with Crippen LogP contribution in [0.25, 0.3) is 17.1 Å². The molecule has 0 bridgehead atoms. The summed E-state index contributed by atoms with van der Waals surface area (Å²) in [5.41, 5.74) is 8.81. The molecule has 4 rings (SSSR count). The van der Waals surface area contributed by atoms with Gasteiger partial charge in [0, 0.05) is 11.1 Å². The molecule has 0 N–H and O–H groups in total. The molecule has 0 atom stereocenters. The first kappa shape index (κ1) is 23.8. The topological polar surface area (TPSA) is 8.81 Å². The van der Waals surface area contributed by atoms with Crippen molar-refractivity contribution in [3.05, 3.63) is 71.0 Å². The van der Waals surface area contributed by atoms with Gasteiger partial charge in [0.05, 0.1) is 5.56 Å². The van der Waals surface area contributed by atoms with Crippen molar-refractivity contribution in [1.29, 1.82) is 0 Å². The molecule has 2 aromatic carbocycles. The molecule has 176 valence electrons. The fourth-order valence-corrected chi connectivity index (χ4v) is 5.80. The van der Waals surface area contributed by atoms with E-state index in [0.717, 1.165) is 19.3 Å². The lowest BCUT2D eigenvalue weighted by Crippen LogP contribution is -2.55. The van der Waals surface area contributed by atoms with E-state index in [1.54, 1.807) is 0 Å². The van der Waals surface area contributed by atoms with Gasteiger partial charge in [0.15, 0.2) is 0 Å². The third kappa shape index (κ3) is 3.96. The number of aromatic nitrogens is 2. The average molecular weight is 444 g/mol. The van der Waals surface area contributed by atoms with Crippen molar-refractivity contribution in [3.8, 4) is 17.1 Å². The molecule has 2 nitrogen and oxygen atoms in total. The lowest BCUT2D eigenvalue weighted by molar-refractivity contribution is -0.756. The summed E-state index contributed by atoms with van der Waals surface area (Å²) in [4.78, 5) is 0. The van der Waals surface area contributed by atoms with E-state index in [2.05, 4.69) is 113 Å². The van der Waals surface area contributed by atoms with E-state index in [1.807, 2.05) is 0 Å². The van der Waals surface area contributed by atoms with Crippen LogP contribution in [-0.4, -0.2) is 4.57 Å². The molecule has 0 saturated carbocycles. The second kappa shape index (κ2) is 9.12. The standard InChI is InChI=1S/C31H43N2/c1-9-31(10-2)16-15-24-13-11-12-14-26(24)30-32(17-18-33(30)31)29-27(22(5)6)19-25(21(3)4)20-28(29)23(7)8/h11-14,17-23H,9-10,15-16H2,1-8H3/q+1. The molecular weight excluding hydrogens is 400 g/mol. The number of aryl methyl sites for hydroxylation is 1. The normalized spacial score (nSPS) is 15.1. The minimum Gasteiger partial charge on any atom is -0.224 e. The van der Waals surface area contributed by atoms with Gasteiger partial charge in [0.25, 0.3) is 5.82 Å². The van der Waals surface area contributed by atoms with Crippen LogP contribution >= 0.6 is 0 Å². The van der Waals surface area contributed by atoms with E-state index < -0.39 is 0 Å². The van der Waals surface area contributed by atoms with Gasteiger partial charge in [0.2, 0.25) is 0 Å². The molecule has 1 aromatic heterocycles. The Hall–Kier alpha value is -2.35. The molecule has 33 heavy (non-hydrogen) atoms. The average Bonchev–Trinajstić information content (AvgIpc) is 3.18. The monoisotopic (exact) mass is 443 g/mol. The first-order chi connectivity index (χ1) is 15.7. The largest absolute Gasteiger partial charge is 0.294 e. The van der Waals surface area contributed by atoms with Crippen LogP contribution in [0.2, 0.25) is 0 Å². The van der Waals surface area contributed by atoms with Gasteiger partial charge in [-0.25, -0.2) is 4.57 Å². The SMILES string of the molecule is CCC1(CC)CCc2ccccc2-c2n(-c3c(C(C)C)cc(C(C)C)cc3C(C)C)cc[n+]21. The van der Waals surface area contributed by atoms with Crippen molar-refractivity contribution in [2.45, 2.75) is 104 Å².